The zero-order chi connectivity index (χ0) is 13.7. The van der Waals surface area contributed by atoms with Crippen LogP contribution in [0.1, 0.15) is 30.3 Å². The molecule has 0 aliphatic carbocycles. The van der Waals surface area contributed by atoms with E-state index in [9.17, 15) is 4.79 Å². The van der Waals surface area contributed by atoms with Crippen LogP contribution < -0.4 is 15.5 Å². The molecule has 0 aromatic carbocycles. The van der Waals surface area contributed by atoms with Gasteiger partial charge in [0.05, 0.1) is 0 Å². The molecule has 0 radical (unpaired) electrons. The maximum absolute atomic E-state index is 11.4. The lowest BCUT2D eigenvalue weighted by Crippen LogP contribution is -2.38. The number of anilines is 1. The predicted octanol–water partition coefficient (Wildman–Crippen LogP) is 0.415. The predicted molar refractivity (Wildman–Crippen MR) is 74.3 cm³/mol. The first-order valence-electron chi connectivity index (χ1n) is 6.79. The summed E-state index contributed by atoms with van der Waals surface area (Å²) >= 11 is 0. The molecule has 6 nitrogen and oxygen atoms in total. The number of hydrogen-bond donors (Lipinski definition) is 2. The Balaban J connectivity index is 2.14. The summed E-state index contributed by atoms with van der Waals surface area (Å²) in [6.07, 6.45) is 2.19. The maximum Gasteiger partial charge on any atom is 0.271 e. The van der Waals surface area contributed by atoms with Crippen LogP contribution in [0.3, 0.4) is 0 Å². The highest BCUT2D eigenvalue weighted by Crippen LogP contribution is 2.17. The van der Waals surface area contributed by atoms with Crippen molar-refractivity contribution in [3.8, 4) is 0 Å². The second kappa shape index (κ2) is 6.47. The van der Waals surface area contributed by atoms with Crippen LogP contribution in [0.4, 0.5) is 5.82 Å². The van der Waals surface area contributed by atoms with E-state index >= 15 is 0 Å². The molecule has 1 atom stereocenters. The molecule has 1 fully saturated rings. The Morgan fingerprint density at radius 1 is 1.53 bits per heavy atom. The molecule has 0 bridgehead atoms. The second-order valence-electron chi connectivity index (χ2n) is 4.70. The first-order valence-corrected chi connectivity index (χ1v) is 6.79. The van der Waals surface area contributed by atoms with Gasteiger partial charge in [-0.05, 0) is 31.5 Å². The van der Waals surface area contributed by atoms with Gasteiger partial charge in [0, 0.05) is 26.2 Å². The summed E-state index contributed by atoms with van der Waals surface area (Å²) in [6, 6.07) is 4.08. The molecule has 2 heterocycles. The molecule has 0 spiro atoms. The lowest BCUT2D eigenvalue weighted by atomic mass is 10.2. The van der Waals surface area contributed by atoms with Crippen molar-refractivity contribution < 1.29 is 4.79 Å². The van der Waals surface area contributed by atoms with E-state index < -0.39 is 0 Å². The fraction of sp³-hybridized carbons (Fsp3) is 0.615. The SMILES string of the molecule is CCCN(c1ccc(C(=O)NC)nn1)C1CCNC1. The Morgan fingerprint density at radius 2 is 2.37 bits per heavy atom. The average molecular weight is 263 g/mol. The van der Waals surface area contributed by atoms with E-state index in [1.807, 2.05) is 6.07 Å². The van der Waals surface area contributed by atoms with Crippen molar-refractivity contribution in [1.82, 2.24) is 20.8 Å². The molecule has 2 N–H and O–H groups in total. The van der Waals surface area contributed by atoms with Crippen LogP contribution in [0.15, 0.2) is 12.1 Å². The molecule has 19 heavy (non-hydrogen) atoms. The monoisotopic (exact) mass is 263 g/mol. The minimum absolute atomic E-state index is 0.205. The van der Waals surface area contributed by atoms with E-state index in [2.05, 4.69) is 32.7 Å². The number of amides is 1. The lowest BCUT2D eigenvalue weighted by Gasteiger charge is -2.28. The van der Waals surface area contributed by atoms with Gasteiger partial charge in [-0.25, -0.2) is 0 Å². The van der Waals surface area contributed by atoms with Crippen LogP contribution in [0.2, 0.25) is 0 Å². The van der Waals surface area contributed by atoms with Crippen LogP contribution in [-0.4, -0.2) is 48.8 Å². The van der Waals surface area contributed by atoms with E-state index in [4.69, 9.17) is 0 Å². The molecule has 104 valence electrons. The zero-order valence-corrected chi connectivity index (χ0v) is 11.5. The summed E-state index contributed by atoms with van der Waals surface area (Å²) in [5.74, 6) is 0.645. The summed E-state index contributed by atoms with van der Waals surface area (Å²) in [7, 11) is 1.59. The molecular formula is C13H21N5O. The van der Waals surface area contributed by atoms with Crippen molar-refractivity contribution in [1.29, 1.82) is 0 Å². The van der Waals surface area contributed by atoms with Crippen molar-refractivity contribution >= 4 is 11.7 Å². The molecule has 1 unspecified atom stereocenters. The Labute approximate surface area is 113 Å². The van der Waals surface area contributed by atoms with Gasteiger partial charge < -0.3 is 15.5 Å². The molecule has 1 aliphatic rings. The van der Waals surface area contributed by atoms with E-state index in [0.717, 1.165) is 38.3 Å². The smallest absolute Gasteiger partial charge is 0.271 e. The van der Waals surface area contributed by atoms with Crippen LogP contribution >= 0.6 is 0 Å². The van der Waals surface area contributed by atoms with Crippen LogP contribution in [-0.2, 0) is 0 Å². The second-order valence-corrected chi connectivity index (χ2v) is 4.70. The highest BCUT2D eigenvalue weighted by Gasteiger charge is 2.23. The Hall–Kier alpha value is -1.69. The van der Waals surface area contributed by atoms with Crippen molar-refractivity contribution in [3.63, 3.8) is 0 Å². The largest absolute Gasteiger partial charge is 0.354 e. The van der Waals surface area contributed by atoms with Gasteiger partial charge in [-0.2, -0.15) is 0 Å². The van der Waals surface area contributed by atoms with E-state index in [1.54, 1.807) is 13.1 Å². The van der Waals surface area contributed by atoms with Crippen LogP contribution in [0, 0.1) is 0 Å². The summed E-state index contributed by atoms with van der Waals surface area (Å²) in [4.78, 5) is 13.7. The topological polar surface area (TPSA) is 70.2 Å². The fourth-order valence-corrected chi connectivity index (χ4v) is 2.36. The standard InChI is InChI=1S/C13H21N5O/c1-3-8-18(10-6-7-15-9-10)12-5-4-11(16-17-12)13(19)14-2/h4-5,10,15H,3,6-9H2,1-2H3,(H,14,19). The van der Waals surface area contributed by atoms with Gasteiger partial charge in [0.2, 0.25) is 0 Å². The molecule has 0 saturated carbocycles. The third kappa shape index (κ3) is 3.20. The minimum atomic E-state index is -0.205. The first kappa shape index (κ1) is 13.7. The van der Waals surface area contributed by atoms with Crippen molar-refractivity contribution in [2.75, 3.05) is 31.6 Å². The lowest BCUT2D eigenvalue weighted by molar-refractivity contribution is 0.0957. The van der Waals surface area contributed by atoms with E-state index in [1.165, 1.54) is 0 Å². The Morgan fingerprint density at radius 3 is 2.89 bits per heavy atom. The number of rotatable bonds is 5. The van der Waals surface area contributed by atoms with Crippen molar-refractivity contribution in [2.45, 2.75) is 25.8 Å². The summed E-state index contributed by atoms with van der Waals surface area (Å²) < 4.78 is 0. The van der Waals surface area contributed by atoms with Crippen LogP contribution in [0.25, 0.3) is 0 Å². The summed E-state index contributed by atoms with van der Waals surface area (Å²) in [5.41, 5.74) is 0.354. The number of hydrogen-bond acceptors (Lipinski definition) is 5. The number of aromatic nitrogens is 2. The van der Waals surface area contributed by atoms with Gasteiger partial charge in [-0.1, -0.05) is 6.92 Å². The number of carbonyl (C=O) groups is 1. The molecule has 6 heteroatoms. The Bertz CT molecular complexity index is 414. The molecule has 1 aromatic heterocycles. The van der Waals surface area contributed by atoms with Crippen molar-refractivity contribution in [2.24, 2.45) is 0 Å². The van der Waals surface area contributed by atoms with Gasteiger partial charge >= 0.3 is 0 Å². The van der Waals surface area contributed by atoms with E-state index in [0.29, 0.717) is 11.7 Å². The summed E-state index contributed by atoms with van der Waals surface area (Å²) in [6.45, 7) is 5.15. The Kier molecular flexibility index (Phi) is 4.68. The number of carbonyl (C=O) groups excluding carboxylic acids is 1. The third-order valence-corrected chi connectivity index (χ3v) is 3.34. The van der Waals surface area contributed by atoms with Gasteiger partial charge in [-0.3, -0.25) is 4.79 Å². The first-order chi connectivity index (χ1) is 9.26. The van der Waals surface area contributed by atoms with Gasteiger partial charge in [0.1, 0.15) is 0 Å². The zero-order valence-electron chi connectivity index (χ0n) is 11.5. The van der Waals surface area contributed by atoms with Crippen LogP contribution in [0.5, 0.6) is 0 Å². The normalized spacial score (nSPS) is 18.3. The minimum Gasteiger partial charge on any atom is -0.354 e. The fourth-order valence-electron chi connectivity index (χ4n) is 2.36. The molecule has 1 aliphatic heterocycles. The average Bonchev–Trinajstić information content (AvgIpc) is 2.98. The van der Waals surface area contributed by atoms with Gasteiger partial charge in [-0.15, -0.1) is 10.2 Å². The van der Waals surface area contributed by atoms with Gasteiger partial charge in [0.15, 0.2) is 11.5 Å². The molecular weight excluding hydrogens is 242 g/mol. The van der Waals surface area contributed by atoms with Gasteiger partial charge in [0.25, 0.3) is 5.91 Å². The highest BCUT2D eigenvalue weighted by atomic mass is 16.1. The molecule has 1 amide bonds. The molecule has 1 aromatic rings. The van der Waals surface area contributed by atoms with Crippen molar-refractivity contribution in [3.05, 3.63) is 17.8 Å². The molecule has 2 rings (SSSR count). The van der Waals surface area contributed by atoms with E-state index in [-0.39, 0.29) is 5.91 Å². The summed E-state index contributed by atoms with van der Waals surface area (Å²) in [5, 5.41) is 14.1. The highest BCUT2D eigenvalue weighted by molar-refractivity contribution is 5.91. The molecule has 1 saturated heterocycles. The number of nitrogens with zero attached hydrogens (tertiary/aromatic N) is 3. The maximum atomic E-state index is 11.4. The third-order valence-electron chi connectivity index (χ3n) is 3.34. The number of nitrogens with one attached hydrogen (secondary N) is 2. The quantitative estimate of drug-likeness (QED) is 0.805.